The molecule has 0 unspecified atom stereocenters. The van der Waals surface area contributed by atoms with Gasteiger partial charge in [0.05, 0.1) is 10.6 Å². The highest BCUT2D eigenvalue weighted by molar-refractivity contribution is 6.33. The normalized spacial score (nSPS) is 11.2. The molecule has 0 aliphatic carbocycles. The van der Waals surface area contributed by atoms with E-state index in [4.69, 9.17) is 20.4 Å². The Morgan fingerprint density at radius 3 is 2.56 bits per heavy atom. The van der Waals surface area contributed by atoms with Crippen LogP contribution in [0.2, 0.25) is 5.02 Å². The zero-order chi connectivity index (χ0) is 17.6. The third kappa shape index (κ3) is 2.70. The van der Waals surface area contributed by atoms with Crippen molar-refractivity contribution in [1.82, 2.24) is 4.98 Å². The van der Waals surface area contributed by atoms with Gasteiger partial charge in [0.15, 0.2) is 29.3 Å². The van der Waals surface area contributed by atoms with E-state index in [9.17, 15) is 13.6 Å². The molecule has 0 saturated heterocycles. The Balaban J connectivity index is 1.81. The van der Waals surface area contributed by atoms with E-state index in [1.807, 2.05) is 0 Å². The standard InChI is InChI=1S/C18H8ClF2NO3/c19-12-7-14(21)13(20)6-11(12)18-22-15-5-9(1-3-17(15)25-18)16-4-2-10(8-23)24-16/h1-8H. The Bertz CT molecular complexity index is 1120. The van der Waals surface area contributed by atoms with E-state index in [-0.39, 0.29) is 22.2 Å². The zero-order valence-corrected chi connectivity index (χ0v) is 13.2. The quantitative estimate of drug-likeness (QED) is 0.358. The van der Waals surface area contributed by atoms with Gasteiger partial charge in [-0.15, -0.1) is 0 Å². The Morgan fingerprint density at radius 2 is 1.80 bits per heavy atom. The summed E-state index contributed by atoms with van der Waals surface area (Å²) in [7, 11) is 0. The fourth-order valence-corrected chi connectivity index (χ4v) is 2.68. The predicted octanol–water partition coefficient (Wildman–Crippen LogP) is 5.50. The minimum atomic E-state index is -1.05. The molecule has 4 nitrogen and oxygen atoms in total. The van der Waals surface area contributed by atoms with Crippen molar-refractivity contribution in [3.63, 3.8) is 0 Å². The van der Waals surface area contributed by atoms with E-state index in [1.165, 1.54) is 0 Å². The number of fused-ring (bicyclic) bond motifs is 1. The van der Waals surface area contributed by atoms with Gasteiger partial charge >= 0.3 is 0 Å². The van der Waals surface area contributed by atoms with Crippen molar-refractivity contribution in [2.24, 2.45) is 0 Å². The van der Waals surface area contributed by atoms with Crippen LogP contribution in [0.15, 0.2) is 51.3 Å². The molecule has 0 fully saturated rings. The number of hydrogen-bond donors (Lipinski definition) is 0. The third-order valence-electron chi connectivity index (χ3n) is 3.66. The van der Waals surface area contributed by atoms with Gasteiger partial charge in [-0.1, -0.05) is 11.6 Å². The second kappa shape index (κ2) is 5.82. The second-order valence-corrected chi connectivity index (χ2v) is 5.67. The molecule has 2 aromatic carbocycles. The fourth-order valence-electron chi connectivity index (χ4n) is 2.45. The van der Waals surface area contributed by atoms with Crippen molar-refractivity contribution in [1.29, 1.82) is 0 Å². The number of furan rings is 1. The van der Waals surface area contributed by atoms with Crippen LogP contribution >= 0.6 is 11.6 Å². The molecule has 4 rings (SSSR count). The van der Waals surface area contributed by atoms with E-state index in [1.54, 1.807) is 30.3 Å². The monoisotopic (exact) mass is 359 g/mol. The Morgan fingerprint density at radius 1 is 1.00 bits per heavy atom. The van der Waals surface area contributed by atoms with Crippen LogP contribution < -0.4 is 0 Å². The molecular formula is C18H8ClF2NO3. The van der Waals surface area contributed by atoms with Crippen LogP contribution in [0.1, 0.15) is 10.6 Å². The van der Waals surface area contributed by atoms with Gasteiger partial charge in [-0.05, 0) is 42.5 Å². The summed E-state index contributed by atoms with van der Waals surface area (Å²) in [5.74, 6) is -1.30. The van der Waals surface area contributed by atoms with Crippen molar-refractivity contribution >= 4 is 29.0 Å². The molecule has 0 atom stereocenters. The van der Waals surface area contributed by atoms with Crippen LogP contribution in [0.4, 0.5) is 8.78 Å². The first kappa shape index (κ1) is 15.5. The maximum atomic E-state index is 13.5. The van der Waals surface area contributed by atoms with E-state index >= 15 is 0 Å². The lowest BCUT2D eigenvalue weighted by Gasteiger charge is -2.00. The van der Waals surface area contributed by atoms with Gasteiger partial charge in [-0.2, -0.15) is 0 Å². The first-order chi connectivity index (χ1) is 12.0. The molecule has 0 bridgehead atoms. The number of benzene rings is 2. The summed E-state index contributed by atoms with van der Waals surface area (Å²) in [6.45, 7) is 0. The topological polar surface area (TPSA) is 56.2 Å². The molecule has 0 N–H and O–H groups in total. The van der Waals surface area contributed by atoms with Crippen LogP contribution in [-0.2, 0) is 0 Å². The summed E-state index contributed by atoms with van der Waals surface area (Å²) in [6.07, 6.45) is 0.612. The lowest BCUT2D eigenvalue weighted by atomic mass is 10.1. The average molecular weight is 360 g/mol. The summed E-state index contributed by atoms with van der Waals surface area (Å²) in [5.41, 5.74) is 1.77. The fraction of sp³-hybridized carbons (Fsp3) is 0. The lowest BCUT2D eigenvalue weighted by Crippen LogP contribution is -1.87. The summed E-state index contributed by atoms with van der Waals surface area (Å²) < 4.78 is 37.6. The van der Waals surface area contributed by atoms with Gasteiger partial charge in [-0.25, -0.2) is 13.8 Å². The summed E-state index contributed by atoms with van der Waals surface area (Å²) >= 11 is 5.95. The minimum Gasteiger partial charge on any atom is -0.453 e. The molecule has 0 saturated carbocycles. The lowest BCUT2D eigenvalue weighted by molar-refractivity contribution is 0.110. The van der Waals surface area contributed by atoms with Crippen LogP contribution in [0.3, 0.4) is 0 Å². The molecular weight excluding hydrogens is 352 g/mol. The second-order valence-electron chi connectivity index (χ2n) is 5.27. The molecule has 25 heavy (non-hydrogen) atoms. The summed E-state index contributed by atoms with van der Waals surface area (Å²) in [6, 6.07) is 10.1. The largest absolute Gasteiger partial charge is 0.453 e. The van der Waals surface area contributed by atoms with E-state index in [0.29, 0.717) is 28.7 Å². The molecule has 7 heteroatoms. The minimum absolute atomic E-state index is 0.00709. The molecule has 4 aromatic rings. The smallest absolute Gasteiger partial charge is 0.228 e. The highest BCUT2D eigenvalue weighted by Crippen LogP contribution is 2.33. The maximum absolute atomic E-state index is 13.5. The number of oxazole rings is 1. The van der Waals surface area contributed by atoms with Gasteiger partial charge in [0.1, 0.15) is 11.3 Å². The number of carbonyl (C=O) groups is 1. The summed E-state index contributed by atoms with van der Waals surface area (Å²) in [4.78, 5) is 15.0. The third-order valence-corrected chi connectivity index (χ3v) is 3.97. The highest BCUT2D eigenvalue weighted by atomic mass is 35.5. The first-order valence-electron chi connectivity index (χ1n) is 7.16. The van der Waals surface area contributed by atoms with Crippen molar-refractivity contribution in [3.05, 3.63) is 64.9 Å². The first-order valence-corrected chi connectivity index (χ1v) is 7.54. The van der Waals surface area contributed by atoms with Crippen LogP contribution in [0.5, 0.6) is 0 Å². The SMILES string of the molecule is O=Cc1ccc(-c2ccc3oc(-c4cc(F)c(F)cc4Cl)nc3c2)o1. The molecule has 2 aromatic heterocycles. The average Bonchev–Trinajstić information content (AvgIpc) is 3.23. The predicted molar refractivity (Wildman–Crippen MR) is 87.5 cm³/mol. The van der Waals surface area contributed by atoms with Crippen molar-refractivity contribution < 1.29 is 22.4 Å². The molecule has 2 heterocycles. The van der Waals surface area contributed by atoms with Gasteiger partial charge in [0, 0.05) is 5.56 Å². The molecule has 0 aliphatic heterocycles. The van der Waals surface area contributed by atoms with Crippen molar-refractivity contribution in [2.75, 3.05) is 0 Å². The highest BCUT2D eigenvalue weighted by Gasteiger charge is 2.16. The van der Waals surface area contributed by atoms with Gasteiger partial charge in [0.2, 0.25) is 5.89 Å². The number of aromatic nitrogens is 1. The van der Waals surface area contributed by atoms with Crippen LogP contribution in [0, 0.1) is 11.6 Å². The number of aldehydes is 1. The molecule has 124 valence electrons. The Hall–Kier alpha value is -2.99. The van der Waals surface area contributed by atoms with Crippen molar-refractivity contribution in [2.45, 2.75) is 0 Å². The molecule has 0 aliphatic rings. The number of halogens is 3. The van der Waals surface area contributed by atoms with E-state index in [2.05, 4.69) is 4.98 Å². The Kier molecular flexibility index (Phi) is 3.62. The number of carbonyl (C=O) groups excluding carboxylic acids is 1. The van der Waals surface area contributed by atoms with Crippen LogP contribution in [-0.4, -0.2) is 11.3 Å². The number of nitrogens with zero attached hydrogens (tertiary/aromatic N) is 1. The van der Waals surface area contributed by atoms with Crippen molar-refractivity contribution in [3.8, 4) is 22.8 Å². The van der Waals surface area contributed by atoms with Gasteiger partial charge in [-0.3, -0.25) is 4.79 Å². The van der Waals surface area contributed by atoms with Gasteiger partial charge in [0.25, 0.3) is 0 Å². The zero-order valence-electron chi connectivity index (χ0n) is 12.4. The van der Waals surface area contributed by atoms with E-state index < -0.39 is 11.6 Å². The number of hydrogen-bond acceptors (Lipinski definition) is 4. The molecule has 0 spiro atoms. The number of rotatable bonds is 3. The maximum Gasteiger partial charge on any atom is 0.228 e. The van der Waals surface area contributed by atoms with E-state index in [0.717, 1.165) is 12.1 Å². The molecule has 0 radical (unpaired) electrons. The molecule has 0 amide bonds. The van der Waals surface area contributed by atoms with Crippen LogP contribution in [0.25, 0.3) is 33.9 Å². The van der Waals surface area contributed by atoms with Gasteiger partial charge < -0.3 is 8.83 Å². The Labute approximate surface area is 144 Å². The summed E-state index contributed by atoms with van der Waals surface area (Å²) in [5, 5.41) is -0.00709.